The number of amides is 2. The van der Waals surface area contributed by atoms with Crippen LogP contribution in [0.25, 0.3) is 0 Å². The standard InChI is InChI=1S/C26H33F2N3O3/c1-16(2)31-12-11-26(17-5-8-22(33-3)23(13-17)34-4)10-9-19(15-24(26)31)30-25(32)29-18-6-7-20(27)21(28)14-18/h5-8,13-14,16,19,24H,9-12,15H2,1-4H3,(H2,29,30,32). The third-order valence-electron chi connectivity index (χ3n) is 7.44. The molecule has 1 saturated heterocycles. The Morgan fingerprint density at radius 2 is 1.82 bits per heavy atom. The topological polar surface area (TPSA) is 62.8 Å². The van der Waals surface area contributed by atoms with Crippen LogP contribution in [0.3, 0.4) is 0 Å². The van der Waals surface area contributed by atoms with E-state index >= 15 is 0 Å². The molecule has 2 aromatic rings. The molecular formula is C26H33F2N3O3. The number of hydrogen-bond acceptors (Lipinski definition) is 4. The first-order valence-corrected chi connectivity index (χ1v) is 11.8. The van der Waals surface area contributed by atoms with Crippen LogP contribution in [0.2, 0.25) is 0 Å². The number of nitrogens with one attached hydrogen (secondary N) is 2. The summed E-state index contributed by atoms with van der Waals surface area (Å²) < 4.78 is 37.7. The summed E-state index contributed by atoms with van der Waals surface area (Å²) in [6.45, 7) is 5.40. The lowest BCUT2D eigenvalue weighted by Crippen LogP contribution is -2.54. The van der Waals surface area contributed by atoms with E-state index in [1.165, 1.54) is 11.6 Å². The normalized spacial score (nSPS) is 24.6. The number of benzene rings is 2. The van der Waals surface area contributed by atoms with Gasteiger partial charge in [0.15, 0.2) is 23.1 Å². The smallest absolute Gasteiger partial charge is 0.319 e. The van der Waals surface area contributed by atoms with Crippen molar-refractivity contribution in [2.45, 2.75) is 63.1 Å². The van der Waals surface area contributed by atoms with Gasteiger partial charge in [0.1, 0.15) is 0 Å². The van der Waals surface area contributed by atoms with Crippen molar-refractivity contribution in [2.24, 2.45) is 0 Å². The quantitative estimate of drug-likeness (QED) is 0.615. The first kappa shape index (κ1) is 24.3. The summed E-state index contributed by atoms with van der Waals surface area (Å²) in [7, 11) is 3.29. The number of methoxy groups -OCH3 is 2. The van der Waals surface area contributed by atoms with Gasteiger partial charge in [-0.15, -0.1) is 0 Å². The molecule has 0 spiro atoms. The number of urea groups is 1. The Morgan fingerprint density at radius 1 is 1.06 bits per heavy atom. The van der Waals surface area contributed by atoms with Gasteiger partial charge >= 0.3 is 6.03 Å². The van der Waals surface area contributed by atoms with Gasteiger partial charge in [0.05, 0.1) is 14.2 Å². The van der Waals surface area contributed by atoms with Crippen molar-refractivity contribution in [1.29, 1.82) is 0 Å². The van der Waals surface area contributed by atoms with Gasteiger partial charge < -0.3 is 20.1 Å². The summed E-state index contributed by atoms with van der Waals surface area (Å²) >= 11 is 0. The van der Waals surface area contributed by atoms with E-state index < -0.39 is 17.7 Å². The van der Waals surface area contributed by atoms with Gasteiger partial charge in [0.2, 0.25) is 0 Å². The number of halogens is 2. The molecule has 34 heavy (non-hydrogen) atoms. The van der Waals surface area contributed by atoms with Crippen molar-refractivity contribution < 1.29 is 23.0 Å². The van der Waals surface area contributed by atoms with Crippen molar-refractivity contribution in [2.75, 3.05) is 26.1 Å². The molecular weight excluding hydrogens is 440 g/mol. The predicted molar refractivity (Wildman–Crippen MR) is 128 cm³/mol. The van der Waals surface area contributed by atoms with Crippen LogP contribution in [-0.4, -0.2) is 49.8 Å². The molecule has 3 atom stereocenters. The molecule has 2 aromatic carbocycles. The average molecular weight is 474 g/mol. The number of rotatable bonds is 6. The number of ether oxygens (including phenoxy) is 2. The lowest BCUT2D eigenvalue weighted by Gasteiger charge is -2.46. The Labute approximate surface area is 199 Å². The van der Waals surface area contributed by atoms with Crippen LogP contribution in [-0.2, 0) is 5.41 Å². The number of nitrogens with zero attached hydrogens (tertiary/aromatic N) is 1. The number of hydrogen-bond donors (Lipinski definition) is 2. The zero-order valence-corrected chi connectivity index (χ0v) is 20.2. The van der Waals surface area contributed by atoms with Gasteiger partial charge in [-0.25, -0.2) is 13.6 Å². The molecule has 6 nitrogen and oxygen atoms in total. The second-order valence-corrected chi connectivity index (χ2v) is 9.52. The summed E-state index contributed by atoms with van der Waals surface area (Å²) in [6, 6.07) is 9.73. The maximum Gasteiger partial charge on any atom is 0.319 e. The molecule has 1 saturated carbocycles. The van der Waals surface area contributed by atoms with E-state index in [4.69, 9.17) is 9.47 Å². The zero-order chi connectivity index (χ0) is 24.5. The van der Waals surface area contributed by atoms with E-state index in [1.807, 2.05) is 6.07 Å². The molecule has 2 fully saturated rings. The van der Waals surface area contributed by atoms with Crippen LogP contribution >= 0.6 is 0 Å². The van der Waals surface area contributed by atoms with E-state index in [9.17, 15) is 13.6 Å². The number of anilines is 1. The molecule has 1 heterocycles. The minimum atomic E-state index is -0.992. The maximum atomic E-state index is 13.5. The van der Waals surface area contributed by atoms with Gasteiger partial charge in [-0.1, -0.05) is 6.07 Å². The summed E-state index contributed by atoms with van der Waals surface area (Å²) in [5.41, 5.74) is 1.43. The van der Waals surface area contributed by atoms with Crippen LogP contribution in [0.1, 0.15) is 45.1 Å². The van der Waals surface area contributed by atoms with E-state index in [0.717, 1.165) is 50.1 Å². The second-order valence-electron chi connectivity index (χ2n) is 9.52. The first-order valence-electron chi connectivity index (χ1n) is 11.8. The minimum absolute atomic E-state index is 0.0251. The largest absolute Gasteiger partial charge is 0.493 e. The van der Waals surface area contributed by atoms with Gasteiger partial charge in [-0.2, -0.15) is 0 Å². The van der Waals surface area contributed by atoms with Crippen LogP contribution in [0.5, 0.6) is 11.5 Å². The van der Waals surface area contributed by atoms with Crippen molar-refractivity contribution in [3.63, 3.8) is 0 Å². The van der Waals surface area contributed by atoms with Gasteiger partial charge in [0, 0.05) is 35.3 Å². The first-order chi connectivity index (χ1) is 16.3. The van der Waals surface area contributed by atoms with Gasteiger partial charge in [-0.3, -0.25) is 4.90 Å². The Morgan fingerprint density at radius 3 is 2.50 bits per heavy atom. The molecule has 2 aliphatic rings. The highest BCUT2D eigenvalue weighted by Crippen LogP contribution is 2.50. The van der Waals surface area contributed by atoms with Gasteiger partial charge in [-0.05, 0) is 75.9 Å². The highest BCUT2D eigenvalue weighted by Gasteiger charge is 2.52. The van der Waals surface area contributed by atoms with Crippen LogP contribution in [0.4, 0.5) is 19.3 Å². The number of fused-ring (bicyclic) bond motifs is 1. The van der Waals surface area contributed by atoms with E-state index in [1.54, 1.807) is 14.2 Å². The third kappa shape index (κ3) is 4.56. The molecule has 2 N–H and O–H groups in total. The fraction of sp³-hybridized carbons (Fsp3) is 0.500. The van der Waals surface area contributed by atoms with Crippen molar-refractivity contribution in [1.82, 2.24) is 10.2 Å². The van der Waals surface area contributed by atoms with Crippen molar-refractivity contribution in [3.8, 4) is 11.5 Å². The lowest BCUT2D eigenvalue weighted by molar-refractivity contribution is 0.113. The molecule has 8 heteroatoms. The Balaban J connectivity index is 1.52. The summed E-state index contributed by atoms with van der Waals surface area (Å²) in [6.07, 6.45) is 3.59. The minimum Gasteiger partial charge on any atom is -0.493 e. The van der Waals surface area contributed by atoms with E-state index in [0.29, 0.717) is 11.8 Å². The summed E-state index contributed by atoms with van der Waals surface area (Å²) in [4.78, 5) is 15.1. The molecule has 4 rings (SSSR count). The van der Waals surface area contributed by atoms with E-state index in [-0.39, 0.29) is 23.2 Å². The summed E-state index contributed by atoms with van der Waals surface area (Å²) in [5, 5.41) is 5.66. The number of carbonyl (C=O) groups excluding carboxylic acids is 1. The monoisotopic (exact) mass is 473 g/mol. The van der Waals surface area contributed by atoms with Crippen LogP contribution in [0.15, 0.2) is 36.4 Å². The molecule has 1 aliphatic heterocycles. The average Bonchev–Trinajstić information content (AvgIpc) is 3.21. The fourth-order valence-electron chi connectivity index (χ4n) is 5.74. The zero-order valence-electron chi connectivity index (χ0n) is 20.2. The van der Waals surface area contributed by atoms with Crippen LogP contribution in [0, 0.1) is 11.6 Å². The van der Waals surface area contributed by atoms with E-state index in [2.05, 4.69) is 41.5 Å². The Bertz CT molecular complexity index is 1050. The van der Waals surface area contributed by atoms with Crippen molar-refractivity contribution in [3.05, 3.63) is 53.6 Å². The highest BCUT2D eigenvalue weighted by atomic mass is 19.2. The Hall–Kier alpha value is -2.87. The molecule has 0 radical (unpaired) electrons. The molecule has 3 unspecified atom stereocenters. The number of likely N-dealkylation sites (tertiary alicyclic amines) is 1. The maximum absolute atomic E-state index is 13.5. The molecule has 1 aliphatic carbocycles. The molecule has 0 bridgehead atoms. The fourth-order valence-corrected chi connectivity index (χ4v) is 5.74. The third-order valence-corrected chi connectivity index (χ3v) is 7.44. The van der Waals surface area contributed by atoms with Crippen LogP contribution < -0.4 is 20.1 Å². The Kier molecular flexibility index (Phi) is 6.98. The predicted octanol–water partition coefficient (Wildman–Crippen LogP) is 5.08. The molecule has 2 amide bonds. The molecule has 184 valence electrons. The number of carbonyl (C=O) groups is 1. The SMILES string of the molecule is COc1ccc(C23CCC(NC(=O)Nc4ccc(F)c(F)c4)CC2N(C(C)C)CC3)cc1OC. The summed E-state index contributed by atoms with van der Waals surface area (Å²) in [5.74, 6) is -0.502. The molecule has 0 aromatic heterocycles. The second kappa shape index (κ2) is 9.78. The van der Waals surface area contributed by atoms with Gasteiger partial charge in [0.25, 0.3) is 0 Å². The highest BCUT2D eigenvalue weighted by molar-refractivity contribution is 5.89. The lowest BCUT2D eigenvalue weighted by atomic mass is 9.65. The van der Waals surface area contributed by atoms with Crippen molar-refractivity contribution >= 4 is 11.7 Å².